The van der Waals surface area contributed by atoms with Gasteiger partial charge < -0.3 is 5.11 Å². The first-order valence-corrected chi connectivity index (χ1v) is 7.98. The topological polar surface area (TPSA) is 74.7 Å². The second-order valence-corrected chi connectivity index (χ2v) is 6.19. The van der Waals surface area contributed by atoms with Gasteiger partial charge in [0.2, 0.25) is 0 Å². The van der Waals surface area contributed by atoms with Crippen LogP contribution in [0.15, 0.2) is 29.3 Å². The highest BCUT2D eigenvalue weighted by molar-refractivity contribution is 6.34. The Balaban J connectivity index is 1.90. The van der Waals surface area contributed by atoms with Crippen LogP contribution in [0.25, 0.3) is 0 Å². The lowest BCUT2D eigenvalue weighted by Gasteiger charge is -2.16. The Morgan fingerprint density at radius 3 is 2.30 bits per heavy atom. The van der Waals surface area contributed by atoms with E-state index in [2.05, 4.69) is 0 Å². The number of halogens is 1. The highest BCUT2D eigenvalue weighted by Gasteiger charge is 2.39. The summed E-state index contributed by atoms with van der Waals surface area (Å²) in [5.41, 5.74) is 2.34. The number of benzene rings is 1. The van der Waals surface area contributed by atoms with E-state index >= 15 is 0 Å². The molecule has 2 amide bonds. The monoisotopic (exact) mass is 333 g/mol. The molecule has 1 aromatic carbocycles. The molecular formula is C17H16ClNO4. The molecule has 0 bridgehead atoms. The summed E-state index contributed by atoms with van der Waals surface area (Å²) < 4.78 is 0. The maximum absolute atomic E-state index is 12.5. The summed E-state index contributed by atoms with van der Waals surface area (Å²) in [5, 5.41) is 9.24. The van der Waals surface area contributed by atoms with E-state index in [4.69, 9.17) is 16.7 Å². The molecule has 0 fully saturated rings. The van der Waals surface area contributed by atoms with Crippen LogP contribution in [0, 0.1) is 0 Å². The van der Waals surface area contributed by atoms with E-state index in [0.29, 0.717) is 40.3 Å². The Hall–Kier alpha value is -2.14. The number of carboxylic acids is 1. The number of aliphatic carboxylic acids is 1. The molecule has 1 N–H and O–H groups in total. The number of hydrogen-bond acceptors (Lipinski definition) is 3. The van der Waals surface area contributed by atoms with Crippen molar-refractivity contribution in [2.75, 3.05) is 4.90 Å². The van der Waals surface area contributed by atoms with Crippen molar-refractivity contribution in [2.45, 2.75) is 38.5 Å². The van der Waals surface area contributed by atoms with Crippen molar-refractivity contribution in [1.82, 2.24) is 0 Å². The Bertz CT molecular complexity index is 710. The molecule has 0 saturated carbocycles. The Labute approximate surface area is 138 Å². The molecular weight excluding hydrogens is 318 g/mol. The summed E-state index contributed by atoms with van der Waals surface area (Å²) in [7, 11) is 0. The first-order chi connectivity index (χ1) is 11.0. The van der Waals surface area contributed by atoms with Gasteiger partial charge in [-0.3, -0.25) is 14.4 Å². The zero-order valence-electron chi connectivity index (χ0n) is 12.5. The quantitative estimate of drug-likeness (QED) is 0.859. The minimum absolute atomic E-state index is 0.0557. The minimum Gasteiger partial charge on any atom is -0.481 e. The van der Waals surface area contributed by atoms with Crippen LogP contribution in [0.2, 0.25) is 5.02 Å². The smallest absolute Gasteiger partial charge is 0.303 e. The van der Waals surface area contributed by atoms with Crippen LogP contribution in [-0.4, -0.2) is 22.9 Å². The van der Waals surface area contributed by atoms with Crippen LogP contribution in [-0.2, 0) is 20.8 Å². The zero-order valence-corrected chi connectivity index (χ0v) is 13.2. The van der Waals surface area contributed by atoms with Gasteiger partial charge in [-0.2, -0.15) is 0 Å². The first kappa shape index (κ1) is 15.7. The number of nitrogens with zero attached hydrogens (tertiary/aromatic N) is 1. The van der Waals surface area contributed by atoms with E-state index in [1.807, 2.05) is 0 Å². The van der Waals surface area contributed by atoms with Gasteiger partial charge in [0, 0.05) is 22.6 Å². The number of hydrogen-bond donors (Lipinski definition) is 1. The fourth-order valence-corrected chi connectivity index (χ4v) is 3.32. The van der Waals surface area contributed by atoms with Crippen molar-refractivity contribution < 1.29 is 19.5 Å². The molecule has 0 saturated heterocycles. The predicted molar refractivity (Wildman–Crippen MR) is 85.4 cm³/mol. The second kappa shape index (κ2) is 6.16. The third kappa shape index (κ3) is 2.88. The van der Waals surface area contributed by atoms with E-state index in [-0.39, 0.29) is 24.7 Å². The molecule has 1 aliphatic heterocycles. The molecule has 0 spiro atoms. The largest absolute Gasteiger partial charge is 0.481 e. The van der Waals surface area contributed by atoms with Crippen LogP contribution in [0.1, 0.15) is 37.7 Å². The SMILES string of the molecule is O=C(O)CCc1cc(N2C(=O)C3=C(CCCC3)C2=O)ccc1Cl. The van der Waals surface area contributed by atoms with E-state index in [0.717, 1.165) is 12.8 Å². The number of carbonyl (C=O) groups is 3. The van der Waals surface area contributed by atoms with Gasteiger partial charge in [0.1, 0.15) is 0 Å². The van der Waals surface area contributed by atoms with Crippen molar-refractivity contribution >= 4 is 35.1 Å². The Kier molecular flexibility index (Phi) is 4.22. The van der Waals surface area contributed by atoms with Gasteiger partial charge in [-0.05, 0) is 55.9 Å². The highest BCUT2D eigenvalue weighted by Crippen LogP contribution is 2.36. The Morgan fingerprint density at radius 1 is 1.13 bits per heavy atom. The number of aryl methyl sites for hydroxylation is 1. The number of imide groups is 1. The third-order valence-corrected chi connectivity index (χ3v) is 4.65. The number of rotatable bonds is 4. The third-order valence-electron chi connectivity index (χ3n) is 4.29. The second-order valence-electron chi connectivity index (χ2n) is 5.78. The van der Waals surface area contributed by atoms with Crippen LogP contribution in [0.4, 0.5) is 5.69 Å². The summed E-state index contributed by atoms with van der Waals surface area (Å²) in [6.45, 7) is 0. The lowest BCUT2D eigenvalue weighted by Crippen LogP contribution is -2.31. The molecule has 0 unspecified atom stereocenters. The fourth-order valence-electron chi connectivity index (χ4n) is 3.11. The molecule has 5 nitrogen and oxygen atoms in total. The van der Waals surface area contributed by atoms with Crippen LogP contribution in [0.5, 0.6) is 0 Å². The number of anilines is 1. The summed E-state index contributed by atoms with van der Waals surface area (Å²) in [5.74, 6) is -1.43. The zero-order chi connectivity index (χ0) is 16.6. The standard InChI is InChI=1S/C17H16ClNO4/c18-14-7-6-11(9-10(14)5-8-15(20)21)19-16(22)12-3-1-2-4-13(12)17(19)23/h6-7,9H,1-5,8H2,(H,20,21). The predicted octanol–water partition coefficient (Wildman–Crippen LogP) is 3.10. The maximum Gasteiger partial charge on any atom is 0.303 e. The average molecular weight is 334 g/mol. The van der Waals surface area contributed by atoms with Crippen molar-refractivity contribution in [1.29, 1.82) is 0 Å². The van der Waals surface area contributed by atoms with E-state index < -0.39 is 5.97 Å². The van der Waals surface area contributed by atoms with Gasteiger partial charge in [-0.15, -0.1) is 0 Å². The van der Waals surface area contributed by atoms with Gasteiger partial charge in [0.05, 0.1) is 5.69 Å². The minimum atomic E-state index is -0.920. The molecule has 120 valence electrons. The average Bonchev–Trinajstić information content (AvgIpc) is 2.79. The number of carbonyl (C=O) groups excluding carboxylic acids is 2. The molecule has 1 aromatic rings. The summed E-state index contributed by atoms with van der Waals surface area (Å²) in [6, 6.07) is 4.87. The molecule has 2 aliphatic rings. The molecule has 1 heterocycles. The lowest BCUT2D eigenvalue weighted by atomic mass is 9.93. The Morgan fingerprint density at radius 2 is 1.74 bits per heavy atom. The highest BCUT2D eigenvalue weighted by atomic mass is 35.5. The van der Waals surface area contributed by atoms with Gasteiger partial charge in [-0.1, -0.05) is 11.6 Å². The normalized spacial score (nSPS) is 17.7. The number of amides is 2. The number of carboxylic acid groups (broad SMARTS) is 1. The molecule has 1 aliphatic carbocycles. The summed E-state index contributed by atoms with van der Waals surface area (Å²) in [4.78, 5) is 37.0. The van der Waals surface area contributed by atoms with Crippen molar-refractivity contribution in [2.24, 2.45) is 0 Å². The van der Waals surface area contributed by atoms with Crippen molar-refractivity contribution in [3.05, 3.63) is 39.9 Å². The maximum atomic E-state index is 12.5. The van der Waals surface area contributed by atoms with Gasteiger partial charge in [-0.25, -0.2) is 4.90 Å². The van der Waals surface area contributed by atoms with Crippen LogP contribution >= 0.6 is 11.6 Å². The van der Waals surface area contributed by atoms with E-state index in [9.17, 15) is 14.4 Å². The first-order valence-electron chi connectivity index (χ1n) is 7.60. The summed E-state index contributed by atoms with van der Waals surface area (Å²) in [6.07, 6.45) is 3.35. The van der Waals surface area contributed by atoms with Crippen molar-refractivity contribution in [3.63, 3.8) is 0 Å². The van der Waals surface area contributed by atoms with E-state index in [1.54, 1.807) is 18.2 Å². The van der Waals surface area contributed by atoms with Crippen molar-refractivity contribution in [3.8, 4) is 0 Å². The molecule has 0 radical (unpaired) electrons. The summed E-state index contributed by atoms with van der Waals surface area (Å²) >= 11 is 6.09. The van der Waals surface area contributed by atoms with Gasteiger partial charge >= 0.3 is 5.97 Å². The van der Waals surface area contributed by atoms with Gasteiger partial charge in [0.25, 0.3) is 11.8 Å². The van der Waals surface area contributed by atoms with Crippen LogP contribution < -0.4 is 4.90 Å². The van der Waals surface area contributed by atoms with Gasteiger partial charge in [0.15, 0.2) is 0 Å². The lowest BCUT2D eigenvalue weighted by molar-refractivity contribution is -0.137. The van der Waals surface area contributed by atoms with E-state index in [1.165, 1.54) is 4.90 Å². The van der Waals surface area contributed by atoms with Crippen LogP contribution in [0.3, 0.4) is 0 Å². The molecule has 6 heteroatoms. The molecule has 23 heavy (non-hydrogen) atoms. The molecule has 0 atom stereocenters. The fraction of sp³-hybridized carbons (Fsp3) is 0.353. The molecule has 3 rings (SSSR count). The molecule has 0 aromatic heterocycles.